The molecule has 0 bridgehead atoms. The van der Waals surface area contributed by atoms with Gasteiger partial charge in [0.25, 0.3) is 0 Å². The molecule has 0 aliphatic carbocycles. The van der Waals surface area contributed by atoms with Gasteiger partial charge in [-0.3, -0.25) is 9.59 Å². The number of aromatic nitrogens is 2. The quantitative estimate of drug-likeness (QED) is 0.619. The maximum absolute atomic E-state index is 12.1. The van der Waals surface area contributed by atoms with Gasteiger partial charge in [-0.2, -0.15) is 0 Å². The van der Waals surface area contributed by atoms with Gasteiger partial charge >= 0.3 is 0 Å². The fourth-order valence-electron chi connectivity index (χ4n) is 1.56. The van der Waals surface area contributed by atoms with Gasteiger partial charge in [-0.25, -0.2) is 0 Å². The van der Waals surface area contributed by atoms with Crippen molar-refractivity contribution in [3.63, 3.8) is 0 Å². The first kappa shape index (κ1) is 16.1. The number of nitrogens with zero attached hydrogens (tertiary/aromatic N) is 2. The summed E-state index contributed by atoms with van der Waals surface area (Å²) in [6.07, 6.45) is 0.750. The number of carbonyl (C=O) groups excluding carboxylic acids is 2. The van der Waals surface area contributed by atoms with E-state index in [1.165, 1.54) is 41.4 Å². The van der Waals surface area contributed by atoms with Crippen molar-refractivity contribution in [2.45, 2.75) is 24.6 Å². The van der Waals surface area contributed by atoms with Crippen LogP contribution in [-0.2, 0) is 11.2 Å². The van der Waals surface area contributed by atoms with Gasteiger partial charge < -0.3 is 5.32 Å². The monoisotopic (exact) mass is 341 g/mol. The summed E-state index contributed by atoms with van der Waals surface area (Å²) in [7, 11) is 0. The average Bonchev–Trinajstić information content (AvgIpc) is 3.05. The van der Waals surface area contributed by atoms with E-state index in [2.05, 4.69) is 15.5 Å². The molecule has 2 aromatic heterocycles. The Labute approximate surface area is 135 Å². The van der Waals surface area contributed by atoms with Crippen LogP contribution in [0.3, 0.4) is 0 Å². The first-order valence-corrected chi connectivity index (χ1v) is 8.95. The molecule has 1 amide bonds. The Kier molecular flexibility index (Phi) is 5.89. The number of Topliss-reactive ketones (excluding diaryl/α,β-unsaturated/α-hetero) is 1. The van der Waals surface area contributed by atoms with E-state index in [1.807, 2.05) is 19.1 Å². The highest BCUT2D eigenvalue weighted by Crippen LogP contribution is 2.24. The zero-order chi connectivity index (χ0) is 15.2. The average molecular weight is 341 g/mol. The lowest BCUT2D eigenvalue weighted by molar-refractivity contribution is -0.118. The SMILES string of the molecule is CC(=O)NCCc1ccc(C(=O)CSc2nnc(C)s2)s1. The third-order valence-corrected chi connectivity index (χ3v) is 5.67. The molecule has 2 aromatic rings. The van der Waals surface area contributed by atoms with Gasteiger partial charge in [-0.15, -0.1) is 21.5 Å². The predicted molar refractivity (Wildman–Crippen MR) is 86.4 cm³/mol. The lowest BCUT2D eigenvalue weighted by Gasteiger charge is -1.99. The van der Waals surface area contributed by atoms with Crippen LogP contribution in [0.15, 0.2) is 16.5 Å². The molecule has 0 aromatic carbocycles. The summed E-state index contributed by atoms with van der Waals surface area (Å²) in [6, 6.07) is 3.79. The third-order valence-electron chi connectivity index (χ3n) is 2.52. The summed E-state index contributed by atoms with van der Waals surface area (Å²) in [5.74, 6) is 0.440. The first-order valence-electron chi connectivity index (χ1n) is 6.34. The van der Waals surface area contributed by atoms with Gasteiger partial charge in [0, 0.05) is 18.3 Å². The van der Waals surface area contributed by atoms with Crippen LogP contribution in [0.25, 0.3) is 0 Å². The smallest absolute Gasteiger partial charge is 0.216 e. The molecule has 0 atom stereocenters. The second-order valence-electron chi connectivity index (χ2n) is 4.30. The van der Waals surface area contributed by atoms with Gasteiger partial charge in [-0.1, -0.05) is 23.1 Å². The highest BCUT2D eigenvalue weighted by molar-refractivity contribution is 8.01. The van der Waals surface area contributed by atoms with Crippen molar-refractivity contribution >= 4 is 46.1 Å². The number of amides is 1. The number of nitrogens with one attached hydrogen (secondary N) is 1. The molecule has 5 nitrogen and oxygen atoms in total. The van der Waals surface area contributed by atoms with Crippen LogP contribution in [0.5, 0.6) is 0 Å². The van der Waals surface area contributed by atoms with Crippen LogP contribution in [0.1, 0.15) is 26.5 Å². The number of ketones is 1. The lowest BCUT2D eigenvalue weighted by Crippen LogP contribution is -2.22. The number of thioether (sulfide) groups is 1. The minimum absolute atomic E-state index is 0.0355. The molecule has 2 rings (SSSR count). The maximum atomic E-state index is 12.1. The van der Waals surface area contributed by atoms with Gasteiger partial charge in [0.15, 0.2) is 10.1 Å². The van der Waals surface area contributed by atoms with Crippen LogP contribution in [0.4, 0.5) is 0 Å². The summed E-state index contributed by atoms with van der Waals surface area (Å²) in [5.41, 5.74) is 0. The Bertz CT molecular complexity index is 636. The van der Waals surface area contributed by atoms with Crippen molar-refractivity contribution in [2.75, 3.05) is 12.3 Å². The summed E-state index contributed by atoms with van der Waals surface area (Å²) in [5, 5.41) is 11.6. The molecule has 112 valence electrons. The zero-order valence-electron chi connectivity index (χ0n) is 11.7. The van der Waals surface area contributed by atoms with Crippen molar-refractivity contribution in [3.8, 4) is 0 Å². The minimum atomic E-state index is -0.0355. The molecule has 0 saturated carbocycles. The summed E-state index contributed by atoms with van der Waals surface area (Å²) < 4.78 is 0.822. The second-order valence-corrected chi connectivity index (χ2v) is 7.87. The molecule has 1 N–H and O–H groups in total. The topological polar surface area (TPSA) is 72.0 Å². The van der Waals surface area contributed by atoms with Crippen LogP contribution in [-0.4, -0.2) is 34.2 Å². The van der Waals surface area contributed by atoms with Gasteiger partial charge in [0.1, 0.15) is 5.01 Å². The Morgan fingerprint density at radius 1 is 1.29 bits per heavy atom. The molecule has 21 heavy (non-hydrogen) atoms. The van der Waals surface area contributed by atoms with Gasteiger partial charge in [0.05, 0.1) is 10.6 Å². The van der Waals surface area contributed by atoms with Crippen LogP contribution in [0, 0.1) is 6.92 Å². The van der Waals surface area contributed by atoms with Crippen LogP contribution in [0.2, 0.25) is 0 Å². The fourth-order valence-corrected chi connectivity index (χ4v) is 4.29. The van der Waals surface area contributed by atoms with Crippen LogP contribution < -0.4 is 5.32 Å². The molecular formula is C13H15N3O2S3. The van der Waals surface area contributed by atoms with E-state index in [0.717, 1.165) is 25.5 Å². The lowest BCUT2D eigenvalue weighted by atomic mass is 10.3. The number of carbonyl (C=O) groups is 2. The van der Waals surface area contributed by atoms with Crippen molar-refractivity contribution in [3.05, 3.63) is 26.9 Å². The number of thiophene rings is 1. The molecule has 0 unspecified atom stereocenters. The molecule has 0 saturated heterocycles. The third kappa shape index (κ3) is 5.22. The normalized spacial score (nSPS) is 10.6. The predicted octanol–water partition coefficient (Wildman–Crippen LogP) is 2.56. The minimum Gasteiger partial charge on any atom is -0.356 e. The second kappa shape index (κ2) is 7.67. The van der Waals surface area contributed by atoms with Gasteiger partial charge in [0.2, 0.25) is 5.91 Å². The molecule has 0 spiro atoms. The molecule has 0 aliphatic rings. The number of hydrogen-bond acceptors (Lipinski definition) is 7. The fraction of sp³-hybridized carbons (Fsp3) is 0.385. The van der Waals surface area contributed by atoms with E-state index in [-0.39, 0.29) is 11.7 Å². The van der Waals surface area contributed by atoms with E-state index in [0.29, 0.717) is 12.3 Å². The molecule has 0 aliphatic heterocycles. The van der Waals surface area contributed by atoms with Crippen molar-refractivity contribution in [2.24, 2.45) is 0 Å². The van der Waals surface area contributed by atoms with Crippen molar-refractivity contribution in [1.82, 2.24) is 15.5 Å². The molecular weight excluding hydrogens is 326 g/mol. The van der Waals surface area contributed by atoms with E-state index < -0.39 is 0 Å². The van der Waals surface area contributed by atoms with E-state index in [9.17, 15) is 9.59 Å². The first-order chi connectivity index (χ1) is 10.0. The number of aryl methyl sites for hydroxylation is 1. The highest BCUT2D eigenvalue weighted by atomic mass is 32.2. The number of hydrogen-bond donors (Lipinski definition) is 1. The Balaban J connectivity index is 1.82. The molecule has 8 heteroatoms. The summed E-state index contributed by atoms with van der Waals surface area (Å²) in [6.45, 7) is 3.99. The zero-order valence-corrected chi connectivity index (χ0v) is 14.2. The van der Waals surface area contributed by atoms with Crippen LogP contribution >= 0.6 is 34.4 Å². The Morgan fingerprint density at radius 2 is 2.10 bits per heavy atom. The van der Waals surface area contributed by atoms with E-state index in [1.54, 1.807) is 0 Å². The molecule has 0 radical (unpaired) electrons. The Morgan fingerprint density at radius 3 is 2.76 bits per heavy atom. The largest absolute Gasteiger partial charge is 0.356 e. The van der Waals surface area contributed by atoms with Crippen molar-refractivity contribution in [1.29, 1.82) is 0 Å². The highest BCUT2D eigenvalue weighted by Gasteiger charge is 2.11. The molecule has 0 fully saturated rings. The summed E-state index contributed by atoms with van der Waals surface area (Å²) >= 11 is 4.40. The molecule has 2 heterocycles. The Hall–Kier alpha value is -1.25. The van der Waals surface area contributed by atoms with Crippen molar-refractivity contribution < 1.29 is 9.59 Å². The summed E-state index contributed by atoms with van der Waals surface area (Å²) in [4.78, 5) is 24.7. The van der Waals surface area contributed by atoms with E-state index >= 15 is 0 Å². The van der Waals surface area contributed by atoms with Gasteiger partial charge in [-0.05, 0) is 25.5 Å². The standard InChI is InChI=1S/C13H15N3O2S3/c1-8(17)14-6-5-10-3-4-12(21-10)11(18)7-19-13-16-15-9(2)20-13/h3-4H,5-7H2,1-2H3,(H,14,17). The van der Waals surface area contributed by atoms with E-state index in [4.69, 9.17) is 0 Å². The maximum Gasteiger partial charge on any atom is 0.216 e. The number of rotatable bonds is 7.